The van der Waals surface area contributed by atoms with Crippen molar-refractivity contribution in [3.05, 3.63) is 59.9 Å². The van der Waals surface area contributed by atoms with Gasteiger partial charge in [-0.15, -0.1) is 5.10 Å². The summed E-state index contributed by atoms with van der Waals surface area (Å²) in [4.78, 5) is 19.9. The molecule has 0 spiro atoms. The molecule has 1 aliphatic rings. The molecule has 150 valence electrons. The van der Waals surface area contributed by atoms with E-state index in [0.29, 0.717) is 19.0 Å². The van der Waals surface area contributed by atoms with E-state index in [1.54, 1.807) is 11.9 Å². The number of hydrogen-bond donors (Lipinski definition) is 1. The van der Waals surface area contributed by atoms with Gasteiger partial charge >= 0.3 is 0 Å². The fourth-order valence-electron chi connectivity index (χ4n) is 3.24. The number of aryl methyl sites for hydroxylation is 1. The molecule has 0 radical (unpaired) electrons. The number of nitrogens with one attached hydrogen (secondary N) is 1. The van der Waals surface area contributed by atoms with Gasteiger partial charge in [0, 0.05) is 37.6 Å². The minimum absolute atomic E-state index is 0.0787. The maximum Gasteiger partial charge on any atom is 0.246 e. The molecule has 1 aromatic heterocycles. The Balaban J connectivity index is 1.55. The highest BCUT2D eigenvalue weighted by molar-refractivity contribution is 5.83. The van der Waals surface area contributed by atoms with Gasteiger partial charge in [0.05, 0.1) is 12.2 Å². The summed E-state index contributed by atoms with van der Waals surface area (Å²) < 4.78 is 28.2. The standard InChI is InChI=1S/C20H20F2N6O/c1-13-5-16(10-17(6-13)27-4-3-26(2)19(29)11-27)24-20-23-12-28(25-20)18-8-14(21)7-15(22)9-18/h5-10,12H,3-4,11H2,1-2H3,(H,24,25). The predicted octanol–water partition coefficient (Wildman–Crippen LogP) is 2.88. The number of carbonyl (C=O) groups is 1. The Kier molecular flexibility index (Phi) is 4.87. The zero-order chi connectivity index (χ0) is 20.5. The molecule has 1 N–H and O–H groups in total. The molecule has 3 aromatic rings. The van der Waals surface area contributed by atoms with E-state index in [9.17, 15) is 13.6 Å². The number of rotatable bonds is 4. The third kappa shape index (κ3) is 4.18. The van der Waals surface area contributed by atoms with Crippen LogP contribution in [-0.2, 0) is 4.79 Å². The number of anilines is 3. The first-order valence-electron chi connectivity index (χ1n) is 9.13. The van der Waals surface area contributed by atoms with Crippen LogP contribution in [0.1, 0.15) is 5.56 Å². The molecule has 9 heteroatoms. The van der Waals surface area contributed by atoms with Crippen LogP contribution in [0, 0.1) is 18.6 Å². The molecule has 0 unspecified atom stereocenters. The molecule has 7 nitrogen and oxygen atoms in total. The molecule has 4 rings (SSSR count). The largest absolute Gasteiger partial charge is 0.360 e. The summed E-state index contributed by atoms with van der Waals surface area (Å²) in [6, 6.07) is 9.04. The van der Waals surface area contributed by atoms with Crippen LogP contribution in [-0.4, -0.2) is 52.3 Å². The number of hydrogen-bond acceptors (Lipinski definition) is 5. The van der Waals surface area contributed by atoms with Crippen LogP contribution in [0.25, 0.3) is 5.69 Å². The lowest BCUT2D eigenvalue weighted by Gasteiger charge is -2.33. The summed E-state index contributed by atoms with van der Waals surface area (Å²) in [6.45, 7) is 3.72. The van der Waals surface area contributed by atoms with Gasteiger partial charge in [-0.2, -0.15) is 4.98 Å². The van der Waals surface area contributed by atoms with E-state index in [-0.39, 0.29) is 11.6 Å². The van der Waals surface area contributed by atoms with E-state index in [4.69, 9.17) is 0 Å². The maximum absolute atomic E-state index is 13.4. The second-order valence-electron chi connectivity index (χ2n) is 7.06. The Labute approximate surface area is 166 Å². The summed E-state index contributed by atoms with van der Waals surface area (Å²) in [7, 11) is 1.80. The topological polar surface area (TPSA) is 66.3 Å². The lowest BCUT2D eigenvalue weighted by molar-refractivity contribution is -0.129. The Morgan fingerprint density at radius 2 is 1.76 bits per heavy atom. The average Bonchev–Trinajstić information content (AvgIpc) is 3.11. The number of nitrogens with zero attached hydrogens (tertiary/aromatic N) is 5. The third-order valence-corrected chi connectivity index (χ3v) is 4.74. The number of likely N-dealkylation sites (N-methyl/N-ethyl adjacent to an activating group) is 1. The van der Waals surface area contributed by atoms with E-state index < -0.39 is 11.6 Å². The van der Waals surface area contributed by atoms with Crippen molar-refractivity contribution >= 4 is 23.2 Å². The first kappa shape index (κ1) is 18.9. The van der Waals surface area contributed by atoms with Crippen LogP contribution >= 0.6 is 0 Å². The van der Waals surface area contributed by atoms with Crippen LogP contribution in [0.15, 0.2) is 42.7 Å². The summed E-state index contributed by atoms with van der Waals surface area (Å²) in [6.07, 6.45) is 1.38. The highest BCUT2D eigenvalue weighted by Crippen LogP contribution is 2.25. The lowest BCUT2D eigenvalue weighted by atomic mass is 10.1. The van der Waals surface area contributed by atoms with Gasteiger partial charge < -0.3 is 15.1 Å². The lowest BCUT2D eigenvalue weighted by Crippen LogP contribution is -2.48. The van der Waals surface area contributed by atoms with Crippen molar-refractivity contribution in [2.45, 2.75) is 6.92 Å². The first-order valence-corrected chi connectivity index (χ1v) is 9.13. The number of halogens is 2. The molecule has 2 aromatic carbocycles. The molecular formula is C20H20F2N6O. The van der Waals surface area contributed by atoms with Crippen LogP contribution in [0.4, 0.5) is 26.1 Å². The molecule has 0 atom stereocenters. The van der Waals surface area contributed by atoms with Crippen molar-refractivity contribution in [1.29, 1.82) is 0 Å². The van der Waals surface area contributed by atoms with Crippen molar-refractivity contribution < 1.29 is 13.6 Å². The van der Waals surface area contributed by atoms with E-state index in [0.717, 1.165) is 29.5 Å². The van der Waals surface area contributed by atoms with Crippen molar-refractivity contribution in [2.24, 2.45) is 0 Å². The van der Waals surface area contributed by atoms with Gasteiger partial charge in [-0.1, -0.05) is 0 Å². The second kappa shape index (κ2) is 7.50. The summed E-state index contributed by atoms with van der Waals surface area (Å²) >= 11 is 0. The number of aromatic nitrogens is 3. The van der Waals surface area contributed by atoms with Crippen molar-refractivity contribution in [3.63, 3.8) is 0 Å². The third-order valence-electron chi connectivity index (χ3n) is 4.74. The van der Waals surface area contributed by atoms with Crippen LogP contribution in [0.2, 0.25) is 0 Å². The molecule has 1 saturated heterocycles. The Morgan fingerprint density at radius 3 is 2.48 bits per heavy atom. The Hall–Kier alpha value is -3.49. The maximum atomic E-state index is 13.4. The minimum Gasteiger partial charge on any atom is -0.360 e. The molecule has 1 fully saturated rings. The zero-order valence-electron chi connectivity index (χ0n) is 16.1. The minimum atomic E-state index is -0.685. The molecule has 0 bridgehead atoms. The van der Waals surface area contributed by atoms with Crippen LogP contribution < -0.4 is 10.2 Å². The van der Waals surface area contributed by atoms with Gasteiger partial charge in [0.2, 0.25) is 11.9 Å². The fraction of sp³-hybridized carbons (Fsp3) is 0.250. The summed E-state index contributed by atoms with van der Waals surface area (Å²) in [5.74, 6) is -0.999. The Morgan fingerprint density at radius 1 is 1.00 bits per heavy atom. The van der Waals surface area contributed by atoms with Crippen molar-refractivity contribution in [3.8, 4) is 5.69 Å². The average molecular weight is 398 g/mol. The van der Waals surface area contributed by atoms with E-state index >= 15 is 0 Å². The molecule has 2 heterocycles. The SMILES string of the molecule is Cc1cc(Nc2ncn(-c3cc(F)cc(F)c3)n2)cc(N2CCN(C)C(=O)C2)c1. The van der Waals surface area contributed by atoms with E-state index in [2.05, 4.69) is 15.4 Å². The molecule has 0 saturated carbocycles. The number of carbonyl (C=O) groups excluding carboxylic acids is 1. The highest BCUT2D eigenvalue weighted by Gasteiger charge is 2.21. The molecule has 1 amide bonds. The quantitative estimate of drug-likeness (QED) is 0.732. The number of amides is 1. The molecule has 29 heavy (non-hydrogen) atoms. The molecule has 0 aliphatic carbocycles. The van der Waals surface area contributed by atoms with Crippen LogP contribution in [0.5, 0.6) is 0 Å². The normalized spacial score (nSPS) is 14.4. The smallest absolute Gasteiger partial charge is 0.246 e. The van der Waals surface area contributed by atoms with Gasteiger partial charge in [-0.05, 0) is 42.8 Å². The Bertz CT molecular complexity index is 1050. The zero-order valence-corrected chi connectivity index (χ0v) is 16.1. The number of piperazine rings is 1. The van der Waals surface area contributed by atoms with Crippen LogP contribution in [0.3, 0.4) is 0 Å². The predicted molar refractivity (Wildman–Crippen MR) is 106 cm³/mol. The number of benzene rings is 2. The van der Waals surface area contributed by atoms with E-state index in [1.165, 1.54) is 23.1 Å². The summed E-state index contributed by atoms with van der Waals surface area (Å²) in [5.41, 5.74) is 2.95. The van der Waals surface area contributed by atoms with Gasteiger partial charge in [-0.25, -0.2) is 13.5 Å². The second-order valence-corrected chi connectivity index (χ2v) is 7.06. The molecular weight excluding hydrogens is 378 g/mol. The van der Waals surface area contributed by atoms with Gasteiger partial charge in [-0.3, -0.25) is 4.79 Å². The summed E-state index contributed by atoms with van der Waals surface area (Å²) in [5, 5.41) is 7.35. The van der Waals surface area contributed by atoms with Crippen molar-refractivity contribution in [2.75, 3.05) is 36.9 Å². The fourth-order valence-corrected chi connectivity index (χ4v) is 3.24. The van der Waals surface area contributed by atoms with E-state index in [1.807, 2.05) is 30.0 Å². The monoisotopic (exact) mass is 398 g/mol. The van der Waals surface area contributed by atoms with Gasteiger partial charge in [0.15, 0.2) is 0 Å². The van der Waals surface area contributed by atoms with Crippen molar-refractivity contribution in [1.82, 2.24) is 19.7 Å². The van der Waals surface area contributed by atoms with Gasteiger partial charge in [0.25, 0.3) is 0 Å². The molecule has 1 aliphatic heterocycles. The van der Waals surface area contributed by atoms with Gasteiger partial charge in [0.1, 0.15) is 18.0 Å². The highest BCUT2D eigenvalue weighted by atomic mass is 19.1. The first-order chi connectivity index (χ1) is 13.9.